The molecule has 0 unspecified atom stereocenters. The zero-order valence-corrected chi connectivity index (χ0v) is 29.6. The fourth-order valence-corrected chi connectivity index (χ4v) is 9.03. The van der Waals surface area contributed by atoms with Crippen LogP contribution in [0.2, 0.25) is 0 Å². The number of rotatable bonds is 3. The number of benzene rings is 8. The summed E-state index contributed by atoms with van der Waals surface area (Å²) in [5.74, 6) is 0. The number of nitriles is 2. The van der Waals surface area contributed by atoms with Crippen molar-refractivity contribution in [3.63, 3.8) is 0 Å². The van der Waals surface area contributed by atoms with E-state index in [4.69, 9.17) is 8.83 Å². The van der Waals surface area contributed by atoms with E-state index in [0.717, 1.165) is 110 Å². The molecule has 0 bridgehead atoms. The Bertz CT molecular complexity index is 3750. The number of furan rings is 2. The standard InChI is InChI=1S/C50H26N4O2/c51-27-31-25-29(17-20-38(31)53-40-13-5-1-10-35(40)47-42(53)23-24-46-49(47)37-12-4-8-16-45(37)55-46)30-18-21-39(32(26-30)28-52)54-41-14-6-2-11-36(41)48-43(54)22-19-34-33-9-3-7-15-44(33)56-50(34)48/h1-26H. The van der Waals surface area contributed by atoms with Gasteiger partial charge in [-0.25, -0.2) is 0 Å². The summed E-state index contributed by atoms with van der Waals surface area (Å²) in [4.78, 5) is 0. The van der Waals surface area contributed by atoms with E-state index >= 15 is 0 Å². The second kappa shape index (κ2) is 11.2. The van der Waals surface area contributed by atoms with Crippen molar-refractivity contribution in [3.8, 4) is 34.6 Å². The Hall–Kier alpha value is -8.06. The Kier molecular flexibility index (Phi) is 6.10. The lowest BCUT2D eigenvalue weighted by Gasteiger charge is -2.14. The lowest BCUT2D eigenvalue weighted by Crippen LogP contribution is -1.99. The Labute approximate surface area is 318 Å². The first-order valence-corrected chi connectivity index (χ1v) is 18.5. The van der Waals surface area contributed by atoms with Crippen molar-refractivity contribution in [2.75, 3.05) is 0 Å². The van der Waals surface area contributed by atoms with Gasteiger partial charge in [0.2, 0.25) is 0 Å². The number of aromatic nitrogens is 2. The fraction of sp³-hybridized carbons (Fsp3) is 0. The molecule has 0 aliphatic carbocycles. The lowest BCUT2D eigenvalue weighted by atomic mass is 9.99. The van der Waals surface area contributed by atoms with Gasteiger partial charge in [-0.05, 0) is 83.9 Å². The fourth-order valence-electron chi connectivity index (χ4n) is 9.03. The van der Waals surface area contributed by atoms with E-state index in [2.05, 4.69) is 81.9 Å². The van der Waals surface area contributed by atoms with Crippen LogP contribution in [0.4, 0.5) is 0 Å². The van der Waals surface area contributed by atoms with Gasteiger partial charge < -0.3 is 18.0 Å². The molecule has 56 heavy (non-hydrogen) atoms. The number of fused-ring (bicyclic) bond motifs is 14. The Balaban J connectivity index is 1.03. The zero-order chi connectivity index (χ0) is 37.1. The molecule has 0 aliphatic heterocycles. The molecule has 4 heterocycles. The second-order valence-electron chi connectivity index (χ2n) is 14.3. The molecule has 6 heteroatoms. The highest BCUT2D eigenvalue weighted by atomic mass is 16.3. The third-order valence-electron chi connectivity index (χ3n) is 11.4. The zero-order valence-electron chi connectivity index (χ0n) is 29.6. The third-order valence-corrected chi connectivity index (χ3v) is 11.4. The van der Waals surface area contributed by atoms with Gasteiger partial charge >= 0.3 is 0 Å². The topological polar surface area (TPSA) is 83.7 Å². The summed E-state index contributed by atoms with van der Waals surface area (Å²) in [7, 11) is 0. The largest absolute Gasteiger partial charge is 0.456 e. The predicted octanol–water partition coefficient (Wildman–Crippen LogP) is 13.1. The number of para-hydroxylation sites is 4. The van der Waals surface area contributed by atoms with Crippen molar-refractivity contribution in [2.24, 2.45) is 0 Å². The first-order valence-electron chi connectivity index (χ1n) is 18.5. The predicted molar refractivity (Wildman–Crippen MR) is 225 cm³/mol. The Morgan fingerprint density at radius 3 is 1.54 bits per heavy atom. The van der Waals surface area contributed by atoms with Crippen LogP contribution in [-0.4, -0.2) is 9.13 Å². The molecular formula is C50H26N4O2. The van der Waals surface area contributed by atoms with Crippen molar-refractivity contribution in [3.05, 3.63) is 169 Å². The Morgan fingerprint density at radius 2 is 0.893 bits per heavy atom. The maximum atomic E-state index is 10.7. The molecule has 6 nitrogen and oxygen atoms in total. The van der Waals surface area contributed by atoms with Crippen LogP contribution < -0.4 is 0 Å². The van der Waals surface area contributed by atoms with Crippen molar-refractivity contribution in [1.82, 2.24) is 9.13 Å². The molecule has 0 aliphatic rings. The number of hydrogen-bond donors (Lipinski definition) is 0. The molecule has 0 atom stereocenters. The van der Waals surface area contributed by atoms with E-state index < -0.39 is 0 Å². The summed E-state index contributed by atoms with van der Waals surface area (Å²) in [6, 6.07) is 58.1. The van der Waals surface area contributed by atoms with E-state index in [1.807, 2.05) is 97.1 Å². The highest BCUT2D eigenvalue weighted by Gasteiger charge is 2.22. The van der Waals surface area contributed by atoms with Crippen LogP contribution in [0, 0.1) is 22.7 Å². The van der Waals surface area contributed by atoms with E-state index in [1.54, 1.807) is 0 Å². The van der Waals surface area contributed by atoms with Crippen LogP contribution in [-0.2, 0) is 0 Å². The molecule has 0 N–H and O–H groups in total. The van der Waals surface area contributed by atoms with Gasteiger partial charge in [0.15, 0.2) is 0 Å². The molecule has 12 aromatic rings. The van der Waals surface area contributed by atoms with Crippen LogP contribution in [0.25, 0.3) is 110 Å². The normalized spacial score (nSPS) is 11.9. The monoisotopic (exact) mass is 714 g/mol. The van der Waals surface area contributed by atoms with Crippen LogP contribution in [0.1, 0.15) is 11.1 Å². The summed E-state index contributed by atoms with van der Waals surface area (Å²) in [5.41, 5.74) is 11.6. The van der Waals surface area contributed by atoms with Crippen LogP contribution in [0.3, 0.4) is 0 Å². The lowest BCUT2D eigenvalue weighted by molar-refractivity contribution is 0.669. The summed E-state index contributed by atoms with van der Waals surface area (Å²) >= 11 is 0. The average molecular weight is 715 g/mol. The minimum Gasteiger partial charge on any atom is -0.456 e. The molecule has 4 aromatic heterocycles. The average Bonchev–Trinajstić information content (AvgIpc) is 4.00. The summed E-state index contributed by atoms with van der Waals surface area (Å²) in [6.07, 6.45) is 0. The van der Waals surface area contributed by atoms with Crippen molar-refractivity contribution >= 4 is 87.5 Å². The van der Waals surface area contributed by atoms with Crippen molar-refractivity contribution in [1.29, 1.82) is 10.5 Å². The van der Waals surface area contributed by atoms with Gasteiger partial charge in [0.25, 0.3) is 0 Å². The summed E-state index contributed by atoms with van der Waals surface area (Å²) in [6.45, 7) is 0. The first kappa shape index (κ1) is 30.4. The molecular weight excluding hydrogens is 689 g/mol. The molecule has 0 fully saturated rings. The molecule has 0 amide bonds. The first-order chi connectivity index (χ1) is 27.7. The molecule has 0 saturated carbocycles. The van der Waals surface area contributed by atoms with Gasteiger partial charge in [-0.2, -0.15) is 10.5 Å². The second-order valence-corrected chi connectivity index (χ2v) is 14.3. The molecule has 12 rings (SSSR count). The van der Waals surface area contributed by atoms with E-state index in [0.29, 0.717) is 11.1 Å². The van der Waals surface area contributed by atoms with Gasteiger partial charge in [0.1, 0.15) is 34.5 Å². The molecule has 0 saturated heterocycles. The van der Waals surface area contributed by atoms with Crippen molar-refractivity contribution in [2.45, 2.75) is 0 Å². The number of hydrogen-bond acceptors (Lipinski definition) is 4. The van der Waals surface area contributed by atoms with Crippen LogP contribution in [0.5, 0.6) is 0 Å². The minimum atomic E-state index is 0.524. The Morgan fingerprint density at radius 1 is 0.375 bits per heavy atom. The molecule has 258 valence electrons. The maximum Gasteiger partial charge on any atom is 0.145 e. The maximum absolute atomic E-state index is 10.7. The molecule has 0 radical (unpaired) electrons. The molecule has 8 aromatic carbocycles. The van der Waals surface area contributed by atoms with Crippen LogP contribution >= 0.6 is 0 Å². The summed E-state index contributed by atoms with van der Waals surface area (Å²) < 4.78 is 17.1. The smallest absolute Gasteiger partial charge is 0.145 e. The van der Waals surface area contributed by atoms with Gasteiger partial charge in [0.05, 0.1) is 50.0 Å². The highest BCUT2D eigenvalue weighted by molar-refractivity contribution is 6.27. The number of nitrogens with zero attached hydrogens (tertiary/aromatic N) is 4. The highest BCUT2D eigenvalue weighted by Crippen LogP contribution is 2.43. The minimum absolute atomic E-state index is 0.524. The van der Waals surface area contributed by atoms with Gasteiger partial charge in [0, 0.05) is 37.7 Å². The summed E-state index contributed by atoms with van der Waals surface area (Å²) in [5, 5.41) is 29.8. The van der Waals surface area contributed by atoms with Gasteiger partial charge in [-0.3, -0.25) is 0 Å². The molecule has 0 spiro atoms. The SMILES string of the molecule is N#Cc1cc(-c2ccc(-n3c4ccccc4c4c5c(ccc43)oc3ccccc35)c(C#N)c2)ccc1-n1c2ccccc2c2c3oc4ccccc4c3ccc21. The van der Waals surface area contributed by atoms with Gasteiger partial charge in [-0.1, -0.05) is 84.9 Å². The van der Waals surface area contributed by atoms with E-state index in [9.17, 15) is 10.5 Å². The van der Waals surface area contributed by atoms with Crippen LogP contribution in [0.15, 0.2) is 167 Å². The quantitative estimate of drug-likeness (QED) is 0.182. The third kappa shape index (κ3) is 4.02. The van der Waals surface area contributed by atoms with E-state index in [1.165, 1.54) is 0 Å². The van der Waals surface area contributed by atoms with Gasteiger partial charge in [-0.15, -0.1) is 0 Å². The van der Waals surface area contributed by atoms with E-state index in [-0.39, 0.29) is 0 Å². The van der Waals surface area contributed by atoms with Crippen molar-refractivity contribution < 1.29 is 8.83 Å².